The topological polar surface area (TPSA) is 105 Å². The van der Waals surface area contributed by atoms with Crippen molar-refractivity contribution in [2.45, 2.75) is 30.0 Å². The molecule has 0 spiro atoms. The highest BCUT2D eigenvalue weighted by molar-refractivity contribution is 7.91. The largest absolute Gasteiger partial charge is 0.346 e. The number of benzene rings is 1. The number of pyridine rings is 1. The molecule has 0 aliphatic rings. The van der Waals surface area contributed by atoms with E-state index in [9.17, 15) is 18.0 Å². The first-order chi connectivity index (χ1) is 12.3. The number of nitrogens with zero attached hydrogens (tertiary/aromatic N) is 1. The van der Waals surface area contributed by atoms with Crippen molar-refractivity contribution in [2.24, 2.45) is 0 Å². The minimum absolute atomic E-state index is 0.134. The van der Waals surface area contributed by atoms with Gasteiger partial charge in [-0.2, -0.15) is 0 Å². The van der Waals surface area contributed by atoms with Crippen molar-refractivity contribution >= 4 is 21.7 Å². The van der Waals surface area contributed by atoms with Crippen LogP contribution in [-0.4, -0.2) is 37.8 Å². The number of rotatable bonds is 6. The van der Waals surface area contributed by atoms with Gasteiger partial charge >= 0.3 is 11.8 Å². The third-order valence-electron chi connectivity index (χ3n) is 3.58. The van der Waals surface area contributed by atoms with Crippen LogP contribution in [0.2, 0.25) is 0 Å². The third-order valence-corrected chi connectivity index (χ3v) is 5.69. The van der Waals surface area contributed by atoms with E-state index in [0.29, 0.717) is 5.56 Å². The molecule has 2 N–H and O–H groups in total. The summed E-state index contributed by atoms with van der Waals surface area (Å²) in [5.74, 6) is -1.68. The normalized spacial score (nSPS) is 12.4. The van der Waals surface area contributed by atoms with E-state index in [4.69, 9.17) is 0 Å². The Hall–Kier alpha value is -2.74. The number of carbonyl (C=O) groups excluding carboxylic acids is 2. The zero-order valence-corrected chi connectivity index (χ0v) is 15.4. The van der Waals surface area contributed by atoms with E-state index in [1.165, 1.54) is 24.5 Å². The van der Waals surface area contributed by atoms with Crippen LogP contribution in [0.5, 0.6) is 0 Å². The van der Waals surface area contributed by atoms with Gasteiger partial charge in [0.05, 0.1) is 4.90 Å². The summed E-state index contributed by atoms with van der Waals surface area (Å²) >= 11 is 0. The Morgan fingerprint density at radius 3 is 2.31 bits per heavy atom. The summed E-state index contributed by atoms with van der Waals surface area (Å²) in [7, 11) is -3.78. The van der Waals surface area contributed by atoms with E-state index in [1.807, 2.05) is 0 Å². The minimum Gasteiger partial charge on any atom is -0.346 e. The number of amides is 2. The molecule has 0 radical (unpaired) electrons. The van der Waals surface area contributed by atoms with Crippen LogP contribution in [0.3, 0.4) is 0 Å². The molecular weight excluding hydrogens is 354 g/mol. The third kappa shape index (κ3) is 4.89. The Morgan fingerprint density at radius 1 is 1.04 bits per heavy atom. The van der Waals surface area contributed by atoms with Crippen molar-refractivity contribution in [2.75, 3.05) is 6.54 Å². The molecule has 0 aliphatic heterocycles. The predicted molar refractivity (Wildman–Crippen MR) is 96.9 cm³/mol. The van der Waals surface area contributed by atoms with E-state index < -0.39 is 26.9 Å². The Kier molecular flexibility index (Phi) is 6.46. The van der Waals surface area contributed by atoms with Crippen LogP contribution >= 0.6 is 0 Å². The minimum atomic E-state index is -3.78. The number of hydrogen-bond acceptors (Lipinski definition) is 5. The van der Waals surface area contributed by atoms with Crippen LogP contribution in [0.25, 0.3) is 0 Å². The first-order valence-electron chi connectivity index (χ1n) is 8.10. The lowest BCUT2D eigenvalue weighted by atomic mass is 10.2. The summed E-state index contributed by atoms with van der Waals surface area (Å²) < 4.78 is 26.0. The maximum atomic E-state index is 13.0. The zero-order chi connectivity index (χ0) is 19.2. The second-order valence-corrected chi connectivity index (χ2v) is 8.10. The van der Waals surface area contributed by atoms with Crippen molar-refractivity contribution < 1.29 is 18.0 Å². The maximum Gasteiger partial charge on any atom is 0.309 e. The smallest absolute Gasteiger partial charge is 0.309 e. The lowest BCUT2D eigenvalue weighted by Gasteiger charge is -2.19. The molecule has 0 fully saturated rings. The molecule has 1 atom stereocenters. The number of nitrogens with one attached hydrogen (secondary N) is 2. The van der Waals surface area contributed by atoms with E-state index in [0.717, 1.165) is 0 Å². The van der Waals surface area contributed by atoms with Gasteiger partial charge in [0.1, 0.15) is 5.25 Å². The van der Waals surface area contributed by atoms with Crippen LogP contribution < -0.4 is 10.6 Å². The fourth-order valence-electron chi connectivity index (χ4n) is 2.34. The average Bonchev–Trinajstić information content (AvgIpc) is 2.62. The molecule has 1 heterocycles. The number of sulfone groups is 1. The molecule has 7 nitrogen and oxygen atoms in total. The first-order valence-corrected chi connectivity index (χ1v) is 9.64. The Morgan fingerprint density at radius 2 is 1.73 bits per heavy atom. The number of hydrogen-bond donors (Lipinski definition) is 2. The van der Waals surface area contributed by atoms with Crippen molar-refractivity contribution in [3.05, 3.63) is 60.4 Å². The van der Waals surface area contributed by atoms with Gasteiger partial charge in [0, 0.05) is 25.0 Å². The molecule has 1 aromatic carbocycles. The van der Waals surface area contributed by atoms with Crippen LogP contribution in [0, 0.1) is 0 Å². The Bertz CT molecular complexity index is 853. The molecule has 0 saturated heterocycles. The van der Waals surface area contributed by atoms with Crippen molar-refractivity contribution in [1.29, 1.82) is 0 Å². The zero-order valence-electron chi connectivity index (χ0n) is 14.5. The summed E-state index contributed by atoms with van der Waals surface area (Å²) in [6.07, 6.45) is 2.97. The van der Waals surface area contributed by atoms with E-state index in [1.54, 1.807) is 44.2 Å². The monoisotopic (exact) mass is 375 g/mol. The molecule has 26 heavy (non-hydrogen) atoms. The van der Waals surface area contributed by atoms with Gasteiger partial charge in [0.15, 0.2) is 9.84 Å². The SMILES string of the molecule is CC(C)NC(=O)C(=O)NC[C@H](c1cccnc1)S(=O)(=O)c1ccccc1. The molecule has 2 rings (SSSR count). The highest BCUT2D eigenvalue weighted by Crippen LogP contribution is 2.27. The Balaban J connectivity index is 2.26. The summed E-state index contributed by atoms with van der Waals surface area (Å²) in [6.45, 7) is 3.21. The van der Waals surface area contributed by atoms with Gasteiger partial charge in [-0.15, -0.1) is 0 Å². The van der Waals surface area contributed by atoms with Gasteiger partial charge in [-0.3, -0.25) is 14.6 Å². The van der Waals surface area contributed by atoms with Gasteiger partial charge in [-0.05, 0) is 37.6 Å². The van der Waals surface area contributed by atoms with Crippen molar-refractivity contribution in [3.63, 3.8) is 0 Å². The molecule has 8 heteroatoms. The van der Waals surface area contributed by atoms with Crippen LogP contribution in [0.15, 0.2) is 59.8 Å². The molecule has 2 aromatic rings. The van der Waals surface area contributed by atoms with Gasteiger partial charge in [-0.25, -0.2) is 8.42 Å². The highest BCUT2D eigenvalue weighted by Gasteiger charge is 2.30. The van der Waals surface area contributed by atoms with Gasteiger partial charge in [-0.1, -0.05) is 24.3 Å². The fourth-order valence-corrected chi connectivity index (χ4v) is 4.01. The van der Waals surface area contributed by atoms with Crippen LogP contribution in [0.4, 0.5) is 0 Å². The van der Waals surface area contributed by atoms with Crippen molar-refractivity contribution in [3.8, 4) is 0 Å². The molecule has 2 amide bonds. The van der Waals surface area contributed by atoms with E-state index in [-0.39, 0.29) is 17.5 Å². The maximum absolute atomic E-state index is 13.0. The molecule has 1 aromatic heterocycles. The molecule has 0 aliphatic carbocycles. The van der Waals surface area contributed by atoms with Crippen LogP contribution in [0.1, 0.15) is 24.7 Å². The molecule has 0 unspecified atom stereocenters. The number of aromatic nitrogens is 1. The van der Waals surface area contributed by atoms with Crippen LogP contribution in [-0.2, 0) is 19.4 Å². The summed E-state index contributed by atoms with van der Waals surface area (Å²) in [5, 5.41) is 3.81. The first kappa shape index (κ1) is 19.6. The lowest BCUT2D eigenvalue weighted by molar-refractivity contribution is -0.139. The number of carbonyl (C=O) groups is 2. The molecular formula is C18H21N3O4S. The molecule has 0 bridgehead atoms. The quantitative estimate of drug-likeness (QED) is 0.739. The fraction of sp³-hybridized carbons (Fsp3) is 0.278. The highest BCUT2D eigenvalue weighted by atomic mass is 32.2. The second-order valence-electron chi connectivity index (χ2n) is 5.97. The van der Waals surface area contributed by atoms with Gasteiger partial charge < -0.3 is 10.6 Å². The summed E-state index contributed by atoms with van der Waals surface area (Å²) in [5.41, 5.74) is 0.431. The van der Waals surface area contributed by atoms with Gasteiger partial charge in [0.25, 0.3) is 0 Å². The average molecular weight is 375 g/mol. The van der Waals surface area contributed by atoms with Crippen molar-refractivity contribution in [1.82, 2.24) is 15.6 Å². The van der Waals surface area contributed by atoms with E-state index in [2.05, 4.69) is 15.6 Å². The molecule has 138 valence electrons. The predicted octanol–water partition coefficient (Wildman–Crippen LogP) is 1.24. The lowest BCUT2D eigenvalue weighted by Crippen LogP contribution is -2.44. The summed E-state index contributed by atoms with van der Waals surface area (Å²) in [6, 6.07) is 11.0. The Labute approximate surface area is 152 Å². The second kappa shape index (κ2) is 8.57. The van der Waals surface area contributed by atoms with E-state index >= 15 is 0 Å². The standard InChI is InChI=1S/C18H21N3O4S/c1-13(2)21-18(23)17(22)20-12-16(14-7-6-10-19-11-14)26(24,25)15-8-4-3-5-9-15/h3-11,13,16H,12H2,1-2H3,(H,20,22)(H,21,23)/t16-/m1/s1. The molecule has 0 saturated carbocycles. The van der Waals surface area contributed by atoms with Gasteiger partial charge in [0.2, 0.25) is 0 Å². The summed E-state index contributed by atoms with van der Waals surface area (Å²) in [4.78, 5) is 27.8.